The summed E-state index contributed by atoms with van der Waals surface area (Å²) in [5, 5.41) is 10.3. The fourth-order valence-electron chi connectivity index (χ4n) is 1.55. The highest BCUT2D eigenvalue weighted by atomic mass is 79.9. The molecule has 0 unspecified atom stereocenters. The number of aromatic nitrogens is 1. The molecule has 0 spiro atoms. The molecule has 0 saturated carbocycles. The number of alkyl halides is 1. The fraction of sp³-hybridized carbons (Fsp3) is 0.0833. The summed E-state index contributed by atoms with van der Waals surface area (Å²) in [7, 11) is 0. The Labute approximate surface area is 121 Å². The number of halogens is 3. The Morgan fingerprint density at radius 1 is 1.41 bits per heavy atom. The lowest BCUT2D eigenvalue weighted by atomic mass is 10.2. The van der Waals surface area contributed by atoms with Gasteiger partial charge in [-0.2, -0.15) is 5.26 Å². The summed E-state index contributed by atoms with van der Waals surface area (Å²) < 4.78 is 2.50. The fourth-order valence-corrected chi connectivity index (χ4v) is 2.47. The molecule has 0 amide bonds. The first-order valence-corrected chi connectivity index (χ1v) is 7.08. The third-order valence-corrected chi connectivity index (χ3v) is 4.21. The number of nitriles is 1. The average Bonchev–Trinajstić information content (AvgIpc) is 2.65. The molecule has 0 saturated heterocycles. The Morgan fingerprint density at radius 2 is 2.18 bits per heavy atom. The van der Waals surface area contributed by atoms with Gasteiger partial charge in [0.1, 0.15) is 11.8 Å². The maximum absolute atomic E-state index is 9.12. The molecule has 0 aliphatic heterocycles. The van der Waals surface area contributed by atoms with Gasteiger partial charge in [0.15, 0.2) is 0 Å². The minimum Gasteiger partial charge on any atom is -0.306 e. The zero-order valence-electron chi connectivity index (χ0n) is 8.62. The molecule has 0 fully saturated rings. The van der Waals surface area contributed by atoms with Crippen LogP contribution in [0.2, 0.25) is 5.02 Å². The number of hydrogen-bond donors (Lipinski definition) is 0. The van der Waals surface area contributed by atoms with Gasteiger partial charge >= 0.3 is 0 Å². The molecule has 2 nitrogen and oxygen atoms in total. The normalized spacial score (nSPS) is 10.2. The third kappa shape index (κ3) is 2.42. The van der Waals surface area contributed by atoms with E-state index in [1.54, 1.807) is 10.8 Å². The smallest absolute Gasteiger partial charge is 0.144 e. The Morgan fingerprint density at radius 3 is 2.82 bits per heavy atom. The molecule has 5 heteroatoms. The maximum atomic E-state index is 9.12. The van der Waals surface area contributed by atoms with Crippen LogP contribution in [0.5, 0.6) is 0 Å². The van der Waals surface area contributed by atoms with E-state index in [9.17, 15) is 0 Å². The van der Waals surface area contributed by atoms with Gasteiger partial charge in [-0.05, 0) is 33.6 Å². The first-order valence-electron chi connectivity index (χ1n) is 4.79. The maximum Gasteiger partial charge on any atom is 0.144 e. The predicted octanol–water partition coefficient (Wildman–Crippen LogP) is 4.66. The second-order valence-corrected chi connectivity index (χ2v) is 5.22. The number of benzene rings is 1. The van der Waals surface area contributed by atoms with E-state index in [2.05, 4.69) is 37.9 Å². The van der Waals surface area contributed by atoms with Crippen LogP contribution < -0.4 is 0 Å². The van der Waals surface area contributed by atoms with Crippen LogP contribution in [-0.2, 0) is 5.33 Å². The van der Waals surface area contributed by atoms with E-state index in [4.69, 9.17) is 16.9 Å². The highest BCUT2D eigenvalue weighted by molar-refractivity contribution is 9.10. The van der Waals surface area contributed by atoms with Gasteiger partial charge in [-0.25, -0.2) is 0 Å². The molecule has 2 aromatic rings. The molecule has 0 aliphatic carbocycles. The SMILES string of the molecule is N#Cc1c(Cl)c(Br)cn1-c1cccc(CBr)c1. The molecule has 0 aliphatic rings. The quantitative estimate of drug-likeness (QED) is 0.703. The lowest BCUT2D eigenvalue weighted by Gasteiger charge is -2.06. The van der Waals surface area contributed by atoms with Crippen molar-refractivity contribution in [2.24, 2.45) is 0 Å². The van der Waals surface area contributed by atoms with Crippen LogP contribution in [-0.4, -0.2) is 4.57 Å². The third-order valence-electron chi connectivity index (χ3n) is 2.35. The second-order valence-electron chi connectivity index (χ2n) is 3.42. The standard InChI is InChI=1S/C12H7Br2ClN2/c13-5-8-2-1-3-9(4-8)17-7-10(14)12(15)11(17)6-16/h1-4,7H,5H2. The largest absolute Gasteiger partial charge is 0.306 e. The Hall–Kier alpha value is -0.760. The molecule has 1 aromatic heterocycles. The molecule has 1 aromatic carbocycles. The summed E-state index contributed by atoms with van der Waals surface area (Å²) >= 11 is 12.8. The molecule has 0 bridgehead atoms. The number of nitrogens with zero attached hydrogens (tertiary/aromatic N) is 2. The van der Waals surface area contributed by atoms with Crippen molar-refractivity contribution < 1.29 is 0 Å². The van der Waals surface area contributed by atoms with Gasteiger partial charge in [0.25, 0.3) is 0 Å². The van der Waals surface area contributed by atoms with Crippen molar-refractivity contribution in [3.05, 3.63) is 51.2 Å². The zero-order valence-corrected chi connectivity index (χ0v) is 12.6. The lowest BCUT2D eigenvalue weighted by molar-refractivity contribution is 1.05. The number of hydrogen-bond acceptors (Lipinski definition) is 1. The van der Waals surface area contributed by atoms with Crippen LogP contribution in [0.4, 0.5) is 0 Å². The Kier molecular flexibility index (Phi) is 3.93. The molecule has 17 heavy (non-hydrogen) atoms. The van der Waals surface area contributed by atoms with E-state index in [1.165, 1.54) is 0 Å². The zero-order chi connectivity index (χ0) is 12.4. The van der Waals surface area contributed by atoms with E-state index in [0.29, 0.717) is 10.7 Å². The molecular weight excluding hydrogens is 367 g/mol. The van der Waals surface area contributed by atoms with Crippen molar-refractivity contribution in [2.45, 2.75) is 5.33 Å². The molecular formula is C12H7Br2ClN2. The summed E-state index contributed by atoms with van der Waals surface area (Å²) in [6.07, 6.45) is 1.80. The van der Waals surface area contributed by atoms with Crippen molar-refractivity contribution >= 4 is 43.5 Å². The molecule has 0 radical (unpaired) electrons. The summed E-state index contributed by atoms with van der Waals surface area (Å²) in [6.45, 7) is 0. The summed E-state index contributed by atoms with van der Waals surface area (Å²) in [5.74, 6) is 0. The summed E-state index contributed by atoms with van der Waals surface area (Å²) in [5.41, 5.74) is 2.50. The van der Waals surface area contributed by atoms with Crippen molar-refractivity contribution in [3.8, 4) is 11.8 Å². The van der Waals surface area contributed by atoms with Gasteiger partial charge in [-0.15, -0.1) is 0 Å². The Balaban J connectivity index is 2.60. The lowest BCUT2D eigenvalue weighted by Crippen LogP contribution is -1.96. The Bertz CT molecular complexity index is 599. The van der Waals surface area contributed by atoms with Gasteiger partial charge < -0.3 is 4.57 Å². The second kappa shape index (κ2) is 5.26. The van der Waals surface area contributed by atoms with Crippen LogP contribution in [0.3, 0.4) is 0 Å². The summed E-state index contributed by atoms with van der Waals surface area (Å²) in [6, 6.07) is 10.0. The van der Waals surface area contributed by atoms with Gasteiger partial charge in [0.2, 0.25) is 0 Å². The predicted molar refractivity (Wildman–Crippen MR) is 75.8 cm³/mol. The van der Waals surface area contributed by atoms with Crippen LogP contribution >= 0.6 is 43.5 Å². The molecule has 86 valence electrons. The number of rotatable bonds is 2. The monoisotopic (exact) mass is 372 g/mol. The highest BCUT2D eigenvalue weighted by Gasteiger charge is 2.13. The van der Waals surface area contributed by atoms with Gasteiger partial charge in [0.05, 0.1) is 9.50 Å². The van der Waals surface area contributed by atoms with Gasteiger partial charge in [0, 0.05) is 17.2 Å². The minimum atomic E-state index is 0.435. The van der Waals surface area contributed by atoms with Gasteiger partial charge in [-0.1, -0.05) is 39.7 Å². The average molecular weight is 374 g/mol. The molecule has 1 heterocycles. The first-order chi connectivity index (χ1) is 8.17. The van der Waals surface area contributed by atoms with Crippen LogP contribution in [0.15, 0.2) is 34.9 Å². The highest BCUT2D eigenvalue weighted by Crippen LogP contribution is 2.30. The van der Waals surface area contributed by atoms with Crippen molar-refractivity contribution in [1.29, 1.82) is 5.26 Å². The van der Waals surface area contributed by atoms with E-state index >= 15 is 0 Å². The topological polar surface area (TPSA) is 28.7 Å². The first kappa shape index (κ1) is 12.7. The van der Waals surface area contributed by atoms with E-state index in [1.807, 2.05) is 24.3 Å². The summed E-state index contributed by atoms with van der Waals surface area (Å²) in [4.78, 5) is 0. The van der Waals surface area contributed by atoms with E-state index in [-0.39, 0.29) is 0 Å². The van der Waals surface area contributed by atoms with Crippen LogP contribution in [0.25, 0.3) is 5.69 Å². The van der Waals surface area contributed by atoms with Gasteiger partial charge in [-0.3, -0.25) is 0 Å². The molecule has 0 N–H and O–H groups in total. The van der Waals surface area contributed by atoms with Crippen LogP contribution in [0.1, 0.15) is 11.3 Å². The van der Waals surface area contributed by atoms with Crippen LogP contribution in [0, 0.1) is 11.3 Å². The van der Waals surface area contributed by atoms with Crippen molar-refractivity contribution in [3.63, 3.8) is 0 Å². The van der Waals surface area contributed by atoms with E-state index in [0.717, 1.165) is 21.1 Å². The molecule has 2 rings (SSSR count). The van der Waals surface area contributed by atoms with Crippen molar-refractivity contribution in [1.82, 2.24) is 4.57 Å². The van der Waals surface area contributed by atoms with Crippen molar-refractivity contribution in [2.75, 3.05) is 0 Å². The van der Waals surface area contributed by atoms with E-state index < -0.39 is 0 Å². The molecule has 0 atom stereocenters. The minimum absolute atomic E-state index is 0.435.